The Bertz CT molecular complexity index is 429. The highest BCUT2D eigenvalue weighted by molar-refractivity contribution is 14.1. The summed E-state index contributed by atoms with van der Waals surface area (Å²) < 4.78 is 1.98. The van der Waals surface area contributed by atoms with Crippen molar-refractivity contribution < 1.29 is 4.79 Å². The van der Waals surface area contributed by atoms with Crippen molar-refractivity contribution in [3.63, 3.8) is 0 Å². The van der Waals surface area contributed by atoms with Gasteiger partial charge in [0.1, 0.15) is 0 Å². The van der Waals surface area contributed by atoms with Crippen LogP contribution in [0.2, 0.25) is 0 Å². The molecule has 0 atom stereocenters. The number of benzene rings is 1. The number of hydrogen-bond acceptors (Lipinski definition) is 1. The van der Waals surface area contributed by atoms with Crippen LogP contribution in [0.1, 0.15) is 36.5 Å². The summed E-state index contributed by atoms with van der Waals surface area (Å²) in [5.41, 5.74) is 0.730. The van der Waals surface area contributed by atoms with E-state index >= 15 is 0 Å². The summed E-state index contributed by atoms with van der Waals surface area (Å²) in [7, 11) is 0. The van der Waals surface area contributed by atoms with Gasteiger partial charge in [0.15, 0.2) is 0 Å². The van der Waals surface area contributed by atoms with Gasteiger partial charge in [0.25, 0.3) is 5.91 Å². The Balaban J connectivity index is 2.14. The zero-order chi connectivity index (χ0) is 11.8. The largest absolute Gasteiger partial charge is 0.347 e. The number of halogens is 2. The minimum absolute atomic E-state index is 0.0134. The van der Waals surface area contributed by atoms with Crippen LogP contribution in [0, 0.1) is 3.57 Å². The number of hydrogen-bond donors (Lipinski definition) is 1. The van der Waals surface area contributed by atoms with Crippen molar-refractivity contribution in [2.75, 3.05) is 0 Å². The molecular formula is C12H13BrINO. The Morgan fingerprint density at radius 2 is 2.19 bits per heavy atom. The molecule has 0 saturated heterocycles. The average molecular weight is 394 g/mol. The molecule has 16 heavy (non-hydrogen) atoms. The minimum Gasteiger partial charge on any atom is -0.347 e. The molecule has 0 spiro atoms. The number of nitrogens with one attached hydrogen (secondary N) is 1. The first kappa shape index (κ1) is 12.4. The summed E-state index contributed by atoms with van der Waals surface area (Å²) in [5.74, 6) is 0.0190. The summed E-state index contributed by atoms with van der Waals surface area (Å²) in [6.07, 6.45) is 3.38. The summed E-state index contributed by atoms with van der Waals surface area (Å²) in [5, 5.41) is 3.10. The zero-order valence-corrected chi connectivity index (χ0v) is 12.8. The molecule has 1 aliphatic rings. The number of carbonyl (C=O) groups excluding carboxylic acids is 1. The van der Waals surface area contributed by atoms with E-state index in [0.29, 0.717) is 5.56 Å². The van der Waals surface area contributed by atoms with Gasteiger partial charge in [-0.05, 0) is 82.9 Å². The number of carbonyl (C=O) groups is 1. The second-order valence-corrected chi connectivity index (χ2v) is 6.59. The van der Waals surface area contributed by atoms with Gasteiger partial charge in [-0.15, -0.1) is 0 Å². The quantitative estimate of drug-likeness (QED) is 0.762. The Hall–Kier alpha value is -0.100. The van der Waals surface area contributed by atoms with Crippen molar-refractivity contribution in [1.82, 2.24) is 5.32 Å². The van der Waals surface area contributed by atoms with Gasteiger partial charge >= 0.3 is 0 Å². The van der Waals surface area contributed by atoms with E-state index in [9.17, 15) is 4.79 Å². The third kappa shape index (κ3) is 2.59. The molecule has 0 aromatic heterocycles. The molecule has 0 aliphatic heterocycles. The molecule has 2 nitrogen and oxygen atoms in total. The Kier molecular flexibility index (Phi) is 3.59. The number of amides is 1. The van der Waals surface area contributed by atoms with Gasteiger partial charge in [-0.3, -0.25) is 4.79 Å². The molecule has 1 aliphatic carbocycles. The first-order chi connectivity index (χ1) is 7.50. The summed E-state index contributed by atoms with van der Waals surface area (Å²) >= 11 is 5.66. The highest BCUT2D eigenvalue weighted by Gasteiger charge is 2.33. The van der Waals surface area contributed by atoms with Gasteiger partial charge in [0.2, 0.25) is 0 Å². The smallest absolute Gasteiger partial charge is 0.252 e. The fourth-order valence-corrected chi connectivity index (χ4v) is 3.33. The second kappa shape index (κ2) is 4.64. The molecule has 1 saturated carbocycles. The molecule has 86 valence electrons. The summed E-state index contributed by atoms with van der Waals surface area (Å²) in [6.45, 7) is 2.11. The molecule has 1 fully saturated rings. The molecule has 0 bridgehead atoms. The van der Waals surface area contributed by atoms with Gasteiger partial charge in [-0.25, -0.2) is 0 Å². The second-order valence-electron chi connectivity index (χ2n) is 4.49. The lowest BCUT2D eigenvalue weighted by Gasteiger charge is -2.39. The molecule has 0 radical (unpaired) electrons. The van der Waals surface area contributed by atoms with E-state index in [1.165, 1.54) is 6.42 Å². The fraction of sp³-hybridized carbons (Fsp3) is 0.417. The van der Waals surface area contributed by atoms with Crippen molar-refractivity contribution in [3.8, 4) is 0 Å². The van der Waals surface area contributed by atoms with Crippen LogP contribution in [0.25, 0.3) is 0 Å². The summed E-state index contributed by atoms with van der Waals surface area (Å²) in [6, 6.07) is 5.77. The van der Waals surface area contributed by atoms with E-state index in [-0.39, 0.29) is 11.4 Å². The monoisotopic (exact) mass is 393 g/mol. The lowest BCUT2D eigenvalue weighted by Crippen LogP contribution is -2.51. The Morgan fingerprint density at radius 3 is 2.69 bits per heavy atom. The first-order valence-electron chi connectivity index (χ1n) is 5.28. The molecule has 4 heteroatoms. The van der Waals surface area contributed by atoms with Crippen LogP contribution in [0.3, 0.4) is 0 Å². The van der Waals surface area contributed by atoms with Crippen molar-refractivity contribution in [2.45, 2.75) is 31.7 Å². The normalized spacial score (nSPS) is 17.7. The van der Waals surface area contributed by atoms with Crippen LogP contribution < -0.4 is 5.32 Å². The van der Waals surface area contributed by atoms with Crippen LogP contribution in [-0.2, 0) is 0 Å². The fourth-order valence-electron chi connectivity index (χ4n) is 1.85. The van der Waals surface area contributed by atoms with Gasteiger partial charge < -0.3 is 5.32 Å². The Morgan fingerprint density at radius 1 is 1.50 bits per heavy atom. The van der Waals surface area contributed by atoms with E-state index in [1.807, 2.05) is 18.2 Å². The van der Waals surface area contributed by atoms with Crippen LogP contribution in [0.15, 0.2) is 22.7 Å². The lowest BCUT2D eigenvalue weighted by atomic mass is 9.78. The van der Waals surface area contributed by atoms with Crippen molar-refractivity contribution in [3.05, 3.63) is 31.8 Å². The van der Waals surface area contributed by atoms with Gasteiger partial charge in [-0.2, -0.15) is 0 Å². The highest BCUT2D eigenvalue weighted by Crippen LogP contribution is 2.31. The van der Waals surface area contributed by atoms with Crippen molar-refractivity contribution >= 4 is 44.4 Å². The predicted octanol–water partition coefficient (Wildman–Crippen LogP) is 3.73. The Labute approximate surface area is 117 Å². The van der Waals surface area contributed by atoms with E-state index in [2.05, 4.69) is 50.8 Å². The maximum Gasteiger partial charge on any atom is 0.252 e. The molecule has 1 N–H and O–H groups in total. The van der Waals surface area contributed by atoms with Crippen LogP contribution in [0.4, 0.5) is 0 Å². The molecule has 1 amide bonds. The first-order valence-corrected chi connectivity index (χ1v) is 7.15. The third-order valence-electron chi connectivity index (χ3n) is 3.05. The standard InChI is InChI=1S/C12H13BrINO/c1-12(5-2-6-12)15-11(16)9-4-3-8(14)7-10(9)13/h3-4,7H,2,5-6H2,1H3,(H,15,16). The maximum atomic E-state index is 12.0. The highest BCUT2D eigenvalue weighted by atomic mass is 127. The molecule has 1 aromatic rings. The van der Waals surface area contributed by atoms with Crippen LogP contribution >= 0.6 is 38.5 Å². The SMILES string of the molecule is CC1(NC(=O)c2ccc(I)cc2Br)CCC1. The van der Waals surface area contributed by atoms with Crippen LogP contribution in [0.5, 0.6) is 0 Å². The zero-order valence-electron chi connectivity index (χ0n) is 9.02. The summed E-state index contributed by atoms with van der Waals surface area (Å²) in [4.78, 5) is 12.0. The molecule has 1 aromatic carbocycles. The topological polar surface area (TPSA) is 29.1 Å². The average Bonchev–Trinajstić information content (AvgIpc) is 2.14. The molecule has 0 heterocycles. The van der Waals surface area contributed by atoms with Crippen molar-refractivity contribution in [2.24, 2.45) is 0 Å². The van der Waals surface area contributed by atoms with E-state index in [0.717, 1.165) is 20.9 Å². The van der Waals surface area contributed by atoms with Gasteiger partial charge in [0.05, 0.1) is 5.56 Å². The van der Waals surface area contributed by atoms with Crippen LogP contribution in [-0.4, -0.2) is 11.4 Å². The van der Waals surface area contributed by atoms with Crippen molar-refractivity contribution in [1.29, 1.82) is 0 Å². The minimum atomic E-state index is 0.0134. The maximum absolute atomic E-state index is 12.0. The lowest BCUT2D eigenvalue weighted by molar-refractivity contribution is 0.0849. The molecular weight excluding hydrogens is 381 g/mol. The van der Waals surface area contributed by atoms with E-state index < -0.39 is 0 Å². The molecule has 2 rings (SSSR count). The number of rotatable bonds is 2. The molecule has 0 unspecified atom stereocenters. The van der Waals surface area contributed by atoms with E-state index in [4.69, 9.17) is 0 Å². The van der Waals surface area contributed by atoms with E-state index in [1.54, 1.807) is 0 Å². The van der Waals surface area contributed by atoms with Gasteiger partial charge in [0, 0.05) is 13.6 Å². The predicted molar refractivity (Wildman–Crippen MR) is 76.6 cm³/mol. The van der Waals surface area contributed by atoms with Gasteiger partial charge in [-0.1, -0.05) is 0 Å². The third-order valence-corrected chi connectivity index (χ3v) is 4.38.